The summed E-state index contributed by atoms with van der Waals surface area (Å²) in [5.74, 6) is 0.846. The largest absolute Gasteiger partial charge is 0.374 e. The maximum atomic E-state index is 4.18. The average molecular weight is 344 g/mol. The molecule has 1 aromatic carbocycles. The van der Waals surface area contributed by atoms with Crippen molar-refractivity contribution in [2.24, 2.45) is 0 Å². The zero-order chi connectivity index (χ0) is 12.8. The first-order chi connectivity index (χ1) is 8.79. The summed E-state index contributed by atoms with van der Waals surface area (Å²) in [4.78, 5) is 1.24. The highest BCUT2D eigenvalue weighted by Crippen LogP contribution is 2.28. The van der Waals surface area contributed by atoms with E-state index >= 15 is 0 Å². The molecule has 2 rings (SSSR count). The van der Waals surface area contributed by atoms with Crippen LogP contribution in [0.3, 0.4) is 0 Å². The Hall–Kier alpha value is -0.590. The molecule has 0 atom stereocenters. The second-order valence-electron chi connectivity index (χ2n) is 3.72. The van der Waals surface area contributed by atoms with E-state index in [4.69, 9.17) is 0 Å². The molecular weight excluding hydrogens is 330 g/mol. The summed E-state index contributed by atoms with van der Waals surface area (Å²) in [6.45, 7) is 3.12. The molecule has 1 N–H and O–H groups in total. The summed E-state index contributed by atoms with van der Waals surface area (Å²) >= 11 is 6.69. The van der Waals surface area contributed by atoms with Gasteiger partial charge in [-0.25, -0.2) is 0 Å². The first kappa shape index (κ1) is 13.8. The predicted molar refractivity (Wildman–Crippen MR) is 82.4 cm³/mol. The quantitative estimate of drug-likeness (QED) is 0.788. The van der Waals surface area contributed by atoms with E-state index in [9.17, 15) is 0 Å². The number of hydrogen-bond donors (Lipinski definition) is 1. The summed E-state index contributed by atoms with van der Waals surface area (Å²) in [6, 6.07) is 8.29. The molecule has 0 spiro atoms. The molecule has 0 fully saturated rings. The van der Waals surface area contributed by atoms with Crippen LogP contribution in [0.15, 0.2) is 33.6 Å². The molecule has 6 heteroatoms. The number of nitrogens with one attached hydrogen (secondary N) is 1. The maximum Gasteiger partial charge on any atom is 0.134 e. The zero-order valence-corrected chi connectivity index (χ0v) is 13.2. The van der Waals surface area contributed by atoms with E-state index in [0.29, 0.717) is 0 Å². The highest BCUT2D eigenvalue weighted by molar-refractivity contribution is 9.10. The van der Waals surface area contributed by atoms with Gasteiger partial charge < -0.3 is 5.32 Å². The van der Waals surface area contributed by atoms with Gasteiger partial charge in [-0.1, -0.05) is 33.4 Å². The molecule has 1 heterocycles. The van der Waals surface area contributed by atoms with Crippen LogP contribution in [0.1, 0.15) is 19.0 Å². The molecule has 0 radical (unpaired) electrons. The summed E-state index contributed by atoms with van der Waals surface area (Å²) in [5, 5.41) is 8.64. The topological polar surface area (TPSA) is 37.8 Å². The zero-order valence-electron chi connectivity index (χ0n) is 10.0. The highest BCUT2D eigenvalue weighted by Gasteiger charge is 2.07. The van der Waals surface area contributed by atoms with Crippen molar-refractivity contribution in [1.29, 1.82) is 0 Å². The Balaban J connectivity index is 1.95. The summed E-state index contributed by atoms with van der Waals surface area (Å²) < 4.78 is 5.12. The Kier molecular flexibility index (Phi) is 5.46. The monoisotopic (exact) mass is 343 g/mol. The van der Waals surface area contributed by atoms with Crippen molar-refractivity contribution in [2.75, 3.05) is 11.9 Å². The molecular formula is C12H14BrN3S2. The second-order valence-corrected chi connectivity index (χ2v) is 6.44. The normalized spacial score (nSPS) is 10.6. The lowest BCUT2D eigenvalue weighted by atomic mass is 10.4. The molecule has 0 unspecified atom stereocenters. The third kappa shape index (κ3) is 3.96. The third-order valence-electron chi connectivity index (χ3n) is 2.26. The number of hydrogen-bond acceptors (Lipinski definition) is 5. The van der Waals surface area contributed by atoms with Crippen LogP contribution in [-0.4, -0.2) is 16.1 Å². The van der Waals surface area contributed by atoms with Crippen molar-refractivity contribution in [3.8, 4) is 0 Å². The van der Waals surface area contributed by atoms with E-state index in [1.807, 2.05) is 12.1 Å². The highest BCUT2D eigenvalue weighted by atomic mass is 79.9. The van der Waals surface area contributed by atoms with Crippen molar-refractivity contribution in [3.63, 3.8) is 0 Å². The van der Waals surface area contributed by atoms with Gasteiger partial charge in [0.25, 0.3) is 0 Å². The van der Waals surface area contributed by atoms with Crippen LogP contribution in [-0.2, 0) is 5.75 Å². The molecule has 0 bridgehead atoms. The molecule has 0 saturated carbocycles. The van der Waals surface area contributed by atoms with Gasteiger partial charge >= 0.3 is 0 Å². The van der Waals surface area contributed by atoms with Gasteiger partial charge in [0.2, 0.25) is 0 Å². The van der Waals surface area contributed by atoms with Crippen LogP contribution < -0.4 is 5.32 Å². The Labute approximate surface area is 124 Å². The smallest absolute Gasteiger partial charge is 0.134 e. The number of anilines is 1. The molecule has 18 heavy (non-hydrogen) atoms. The van der Waals surface area contributed by atoms with Crippen LogP contribution in [0.2, 0.25) is 0 Å². The van der Waals surface area contributed by atoms with E-state index in [2.05, 4.69) is 49.9 Å². The summed E-state index contributed by atoms with van der Waals surface area (Å²) in [7, 11) is 0. The van der Waals surface area contributed by atoms with Crippen molar-refractivity contribution >= 4 is 44.2 Å². The number of nitrogens with zero attached hydrogens (tertiary/aromatic N) is 2. The summed E-state index contributed by atoms with van der Waals surface area (Å²) in [5.41, 5.74) is 1.04. The number of aromatic nitrogens is 2. The lowest BCUT2D eigenvalue weighted by molar-refractivity contribution is 0.976. The van der Waals surface area contributed by atoms with Crippen molar-refractivity contribution in [1.82, 2.24) is 9.59 Å². The predicted octanol–water partition coefficient (Wildman–Crippen LogP) is 4.41. The van der Waals surface area contributed by atoms with Crippen molar-refractivity contribution in [2.45, 2.75) is 24.0 Å². The minimum atomic E-state index is 0.846. The third-order valence-corrected chi connectivity index (χ3v) is 4.49. The molecule has 0 aliphatic rings. The standard InChI is InChI=1S/C12H14BrN3S2/c1-2-6-14-12-11(15-16-18-12)8-17-10-5-3-4-9(13)7-10/h3-5,7,14H,2,6,8H2,1H3. The lowest BCUT2D eigenvalue weighted by Gasteiger charge is -2.04. The number of halogens is 1. The van der Waals surface area contributed by atoms with E-state index in [-0.39, 0.29) is 0 Å². The fourth-order valence-electron chi connectivity index (χ4n) is 1.38. The Morgan fingerprint density at radius 2 is 2.33 bits per heavy atom. The molecule has 3 nitrogen and oxygen atoms in total. The van der Waals surface area contributed by atoms with Gasteiger partial charge in [-0.3, -0.25) is 0 Å². The number of rotatable bonds is 6. The second kappa shape index (κ2) is 7.11. The van der Waals surface area contributed by atoms with Crippen molar-refractivity contribution < 1.29 is 0 Å². The number of thioether (sulfide) groups is 1. The minimum Gasteiger partial charge on any atom is -0.374 e. The fraction of sp³-hybridized carbons (Fsp3) is 0.333. The average Bonchev–Trinajstić information content (AvgIpc) is 2.81. The minimum absolute atomic E-state index is 0.846. The summed E-state index contributed by atoms with van der Waals surface area (Å²) in [6.07, 6.45) is 1.11. The van der Waals surface area contributed by atoms with Crippen LogP contribution in [0, 0.1) is 0 Å². The SMILES string of the molecule is CCCNc1snnc1CSc1cccc(Br)c1. The van der Waals surface area contributed by atoms with E-state index in [1.165, 1.54) is 16.4 Å². The Morgan fingerprint density at radius 3 is 3.11 bits per heavy atom. The fourth-order valence-corrected chi connectivity index (χ4v) is 3.52. The van der Waals surface area contributed by atoms with Crippen molar-refractivity contribution in [3.05, 3.63) is 34.4 Å². The molecule has 0 aliphatic carbocycles. The van der Waals surface area contributed by atoms with E-state index < -0.39 is 0 Å². The van der Waals surface area contributed by atoms with Gasteiger partial charge in [0, 0.05) is 33.2 Å². The molecule has 0 saturated heterocycles. The Morgan fingerprint density at radius 1 is 1.44 bits per heavy atom. The molecule has 0 aliphatic heterocycles. The lowest BCUT2D eigenvalue weighted by Crippen LogP contribution is -2.00. The number of benzene rings is 1. The molecule has 0 amide bonds. The van der Waals surface area contributed by atoms with Gasteiger partial charge in [-0.05, 0) is 24.6 Å². The van der Waals surface area contributed by atoms with E-state index in [0.717, 1.165) is 33.9 Å². The first-order valence-corrected chi connectivity index (χ1v) is 8.28. The molecule has 2 aromatic rings. The van der Waals surface area contributed by atoms with Crippen LogP contribution in [0.4, 0.5) is 5.00 Å². The van der Waals surface area contributed by atoms with Crippen LogP contribution in [0.25, 0.3) is 0 Å². The van der Waals surface area contributed by atoms with Gasteiger partial charge in [-0.2, -0.15) is 0 Å². The first-order valence-electron chi connectivity index (χ1n) is 5.73. The van der Waals surface area contributed by atoms with Crippen LogP contribution in [0.5, 0.6) is 0 Å². The maximum absolute atomic E-state index is 4.18. The van der Waals surface area contributed by atoms with Gasteiger partial charge in [0.05, 0.1) is 0 Å². The molecule has 96 valence electrons. The van der Waals surface area contributed by atoms with E-state index in [1.54, 1.807) is 11.8 Å². The van der Waals surface area contributed by atoms with Gasteiger partial charge in [0.15, 0.2) is 0 Å². The Bertz CT molecular complexity index is 502. The molecule has 1 aromatic heterocycles. The van der Waals surface area contributed by atoms with Gasteiger partial charge in [-0.15, -0.1) is 16.9 Å². The van der Waals surface area contributed by atoms with Gasteiger partial charge in [0.1, 0.15) is 10.7 Å². The van der Waals surface area contributed by atoms with Crippen LogP contribution >= 0.6 is 39.2 Å².